The van der Waals surface area contributed by atoms with E-state index in [9.17, 15) is 13.2 Å². The molecule has 0 aliphatic carbocycles. The molecule has 1 aromatic heterocycles. The van der Waals surface area contributed by atoms with Gasteiger partial charge in [0.15, 0.2) is 0 Å². The fourth-order valence-corrected chi connectivity index (χ4v) is 1.75. The first kappa shape index (κ1) is 18.2. The molecule has 4 nitrogen and oxygen atoms in total. The molecule has 9 heteroatoms. The molecular weight excluding hydrogens is 304 g/mol. The minimum Gasteiger partial charge on any atom is -0.354 e. The molecule has 1 aliphatic rings. The summed E-state index contributed by atoms with van der Waals surface area (Å²) in [5.74, 6) is 0.500. The van der Waals surface area contributed by atoms with Gasteiger partial charge in [-0.05, 0) is 6.92 Å². The average molecular weight is 319 g/mol. The quantitative estimate of drug-likeness (QED) is 0.860. The van der Waals surface area contributed by atoms with Gasteiger partial charge >= 0.3 is 6.18 Å². The van der Waals surface area contributed by atoms with Crippen LogP contribution in [-0.2, 0) is 6.18 Å². The predicted molar refractivity (Wildman–Crippen MR) is 71.3 cm³/mol. The lowest BCUT2D eigenvalue weighted by atomic mass is 10.3. The van der Waals surface area contributed by atoms with Crippen molar-refractivity contribution in [2.45, 2.75) is 13.1 Å². The summed E-state index contributed by atoms with van der Waals surface area (Å²) in [5, 5.41) is 3.14. The maximum atomic E-state index is 12.6. The summed E-state index contributed by atoms with van der Waals surface area (Å²) >= 11 is 0. The lowest BCUT2D eigenvalue weighted by Crippen LogP contribution is -2.44. The highest BCUT2D eigenvalue weighted by molar-refractivity contribution is 5.85. The maximum absolute atomic E-state index is 12.6. The highest BCUT2D eigenvalue weighted by Crippen LogP contribution is 2.29. The van der Waals surface area contributed by atoms with Crippen molar-refractivity contribution in [2.24, 2.45) is 0 Å². The third-order valence-corrected chi connectivity index (χ3v) is 2.56. The molecule has 0 atom stereocenters. The van der Waals surface area contributed by atoms with Crippen molar-refractivity contribution in [2.75, 3.05) is 31.1 Å². The van der Waals surface area contributed by atoms with Crippen LogP contribution in [0, 0.1) is 6.92 Å². The van der Waals surface area contributed by atoms with Crippen LogP contribution >= 0.6 is 24.8 Å². The summed E-state index contributed by atoms with van der Waals surface area (Å²) < 4.78 is 37.8. The van der Waals surface area contributed by atoms with Gasteiger partial charge in [-0.25, -0.2) is 9.97 Å². The number of rotatable bonds is 1. The van der Waals surface area contributed by atoms with Crippen LogP contribution in [0.15, 0.2) is 6.07 Å². The zero-order valence-corrected chi connectivity index (χ0v) is 11.8. The molecule has 1 N–H and O–H groups in total. The van der Waals surface area contributed by atoms with E-state index in [4.69, 9.17) is 0 Å². The van der Waals surface area contributed by atoms with Crippen molar-refractivity contribution in [3.05, 3.63) is 17.6 Å². The van der Waals surface area contributed by atoms with Gasteiger partial charge in [-0.15, -0.1) is 24.8 Å². The van der Waals surface area contributed by atoms with Gasteiger partial charge in [0.1, 0.15) is 17.3 Å². The number of nitrogens with one attached hydrogen (secondary N) is 1. The molecule has 1 aliphatic heterocycles. The Hall–Kier alpha value is -0.790. The summed E-state index contributed by atoms with van der Waals surface area (Å²) in [6.07, 6.45) is -4.42. The Kier molecular flexibility index (Phi) is 6.82. The number of aryl methyl sites for hydroxylation is 1. The highest BCUT2D eigenvalue weighted by atomic mass is 35.5. The largest absolute Gasteiger partial charge is 0.433 e. The molecular formula is C10H15Cl2F3N4. The Morgan fingerprint density at radius 2 is 1.74 bits per heavy atom. The number of piperazine rings is 1. The van der Waals surface area contributed by atoms with Gasteiger partial charge in [0.2, 0.25) is 0 Å². The van der Waals surface area contributed by atoms with Crippen molar-refractivity contribution < 1.29 is 13.2 Å². The number of hydrogen-bond acceptors (Lipinski definition) is 4. The second kappa shape index (κ2) is 7.12. The first-order valence-electron chi connectivity index (χ1n) is 5.35. The van der Waals surface area contributed by atoms with Crippen LogP contribution in [-0.4, -0.2) is 36.1 Å². The smallest absolute Gasteiger partial charge is 0.354 e. The monoisotopic (exact) mass is 318 g/mol. The number of alkyl halides is 3. The van der Waals surface area contributed by atoms with Crippen molar-refractivity contribution in [1.29, 1.82) is 0 Å². The van der Waals surface area contributed by atoms with E-state index in [0.29, 0.717) is 18.9 Å². The Balaban J connectivity index is 0.00000162. The summed E-state index contributed by atoms with van der Waals surface area (Å²) in [6, 6.07) is 1.01. The number of halogens is 5. The lowest BCUT2D eigenvalue weighted by molar-refractivity contribution is -0.141. The van der Waals surface area contributed by atoms with Gasteiger partial charge in [-0.2, -0.15) is 13.2 Å². The normalized spacial score (nSPS) is 15.5. The molecule has 0 unspecified atom stereocenters. The van der Waals surface area contributed by atoms with E-state index in [2.05, 4.69) is 15.3 Å². The van der Waals surface area contributed by atoms with Gasteiger partial charge in [0, 0.05) is 32.2 Å². The van der Waals surface area contributed by atoms with E-state index >= 15 is 0 Å². The van der Waals surface area contributed by atoms with E-state index in [1.54, 1.807) is 0 Å². The van der Waals surface area contributed by atoms with Crippen molar-refractivity contribution in [1.82, 2.24) is 15.3 Å². The summed E-state index contributed by atoms with van der Waals surface area (Å²) in [4.78, 5) is 9.31. The van der Waals surface area contributed by atoms with Crippen LogP contribution in [0.2, 0.25) is 0 Å². The molecule has 1 saturated heterocycles. The SMILES string of the molecule is Cc1nc(N2CCNCC2)cc(C(F)(F)F)n1.Cl.Cl. The van der Waals surface area contributed by atoms with Gasteiger partial charge in [0.05, 0.1) is 0 Å². The molecule has 0 amide bonds. The summed E-state index contributed by atoms with van der Waals surface area (Å²) in [6.45, 7) is 4.30. The molecule has 1 aromatic rings. The zero-order chi connectivity index (χ0) is 12.5. The molecule has 0 radical (unpaired) electrons. The minimum absolute atomic E-state index is 0. The molecule has 110 valence electrons. The third kappa shape index (κ3) is 4.67. The van der Waals surface area contributed by atoms with Crippen molar-refractivity contribution in [3.63, 3.8) is 0 Å². The fraction of sp³-hybridized carbons (Fsp3) is 0.600. The molecule has 0 saturated carbocycles. The molecule has 0 bridgehead atoms. The van der Waals surface area contributed by atoms with Crippen LogP contribution < -0.4 is 10.2 Å². The topological polar surface area (TPSA) is 41.1 Å². The molecule has 0 aromatic carbocycles. The third-order valence-electron chi connectivity index (χ3n) is 2.56. The molecule has 19 heavy (non-hydrogen) atoms. The van der Waals surface area contributed by atoms with Crippen molar-refractivity contribution in [3.8, 4) is 0 Å². The summed E-state index contributed by atoms with van der Waals surface area (Å²) in [5.41, 5.74) is -0.876. The number of aromatic nitrogens is 2. The fourth-order valence-electron chi connectivity index (χ4n) is 1.75. The molecule has 0 spiro atoms. The highest BCUT2D eigenvalue weighted by Gasteiger charge is 2.33. The standard InChI is InChI=1S/C10H13F3N4.2ClH/c1-7-15-8(10(11,12)13)6-9(16-7)17-4-2-14-3-5-17;;/h6,14H,2-5H2,1H3;2*1H. The molecule has 1 fully saturated rings. The van der Waals surface area contributed by atoms with Gasteiger partial charge < -0.3 is 10.2 Å². The van der Waals surface area contributed by atoms with Gasteiger partial charge in [-0.3, -0.25) is 0 Å². The lowest BCUT2D eigenvalue weighted by Gasteiger charge is -2.28. The Morgan fingerprint density at radius 1 is 1.16 bits per heavy atom. The average Bonchev–Trinajstić information content (AvgIpc) is 2.28. The van der Waals surface area contributed by atoms with Crippen LogP contribution in [0.1, 0.15) is 11.5 Å². The molecule has 2 rings (SSSR count). The van der Waals surface area contributed by atoms with E-state index < -0.39 is 11.9 Å². The van der Waals surface area contributed by atoms with Gasteiger partial charge in [0.25, 0.3) is 0 Å². The number of anilines is 1. The zero-order valence-electron chi connectivity index (χ0n) is 10.2. The second-order valence-electron chi connectivity index (χ2n) is 3.89. The maximum Gasteiger partial charge on any atom is 0.433 e. The Bertz CT molecular complexity index is 408. The van der Waals surface area contributed by atoms with Gasteiger partial charge in [-0.1, -0.05) is 0 Å². The van der Waals surface area contributed by atoms with Crippen LogP contribution in [0.5, 0.6) is 0 Å². The first-order chi connectivity index (χ1) is 7.97. The van der Waals surface area contributed by atoms with Crippen LogP contribution in [0.25, 0.3) is 0 Å². The number of nitrogens with zero attached hydrogens (tertiary/aromatic N) is 3. The number of hydrogen-bond donors (Lipinski definition) is 1. The predicted octanol–water partition coefficient (Wildman–Crippen LogP) is 2.06. The van der Waals surface area contributed by atoms with E-state index in [1.807, 2.05) is 4.90 Å². The summed E-state index contributed by atoms with van der Waals surface area (Å²) in [7, 11) is 0. The second-order valence-corrected chi connectivity index (χ2v) is 3.89. The van der Waals surface area contributed by atoms with E-state index in [0.717, 1.165) is 19.2 Å². The Labute approximate surface area is 121 Å². The van der Waals surface area contributed by atoms with Crippen LogP contribution in [0.3, 0.4) is 0 Å². The van der Waals surface area contributed by atoms with Crippen molar-refractivity contribution >= 4 is 30.6 Å². The van der Waals surface area contributed by atoms with Crippen LogP contribution in [0.4, 0.5) is 19.0 Å². The Morgan fingerprint density at radius 3 is 2.26 bits per heavy atom. The molecule has 2 heterocycles. The van der Waals surface area contributed by atoms with E-state index in [1.165, 1.54) is 6.92 Å². The van der Waals surface area contributed by atoms with E-state index in [-0.39, 0.29) is 30.6 Å². The first-order valence-corrected chi connectivity index (χ1v) is 5.35. The minimum atomic E-state index is -4.42.